The van der Waals surface area contributed by atoms with E-state index < -0.39 is 0 Å². The maximum atomic E-state index is 9.87. The fourth-order valence-corrected chi connectivity index (χ4v) is 0.246. The average molecular weight is 84.1 g/mol. The van der Waals surface area contributed by atoms with Gasteiger partial charge in [-0.25, -0.2) is 0 Å². The van der Waals surface area contributed by atoms with Crippen LogP contribution in [-0.4, -0.2) is 5.11 Å². The molecule has 0 saturated heterocycles. The molecule has 0 atom stereocenters. The van der Waals surface area contributed by atoms with Crippen LogP contribution in [0.15, 0.2) is 10.9 Å². The second-order valence-corrected chi connectivity index (χ2v) is 1.19. The van der Waals surface area contributed by atoms with Crippen molar-refractivity contribution in [3.8, 4) is 0 Å². The molecule has 0 aliphatic heterocycles. The zero-order chi connectivity index (χ0) is 4.57. The first kappa shape index (κ1) is 3.56. The fraction of sp³-hybridized carbons (Fsp3) is 0.250. The number of hydrogen-bond donors (Lipinski definition) is 1. The van der Waals surface area contributed by atoms with Gasteiger partial charge in [0, 0.05) is 5.56 Å². The van der Waals surface area contributed by atoms with Crippen molar-refractivity contribution in [3.05, 3.63) is 21.9 Å². The number of hydrogen-bond acceptors (Lipinski definition) is 2. The molecule has 6 heavy (non-hydrogen) atoms. The summed E-state index contributed by atoms with van der Waals surface area (Å²) in [6.45, 7) is -0.0845. The van der Waals surface area contributed by atoms with Gasteiger partial charge in [-0.05, 0) is 6.07 Å². The molecule has 0 aliphatic carbocycles. The molecular weight excluding hydrogens is 80.0 g/mol. The minimum atomic E-state index is -0.0845. The highest BCUT2D eigenvalue weighted by Gasteiger charge is 2.02. The summed E-state index contributed by atoms with van der Waals surface area (Å²) >= 11 is 0. The fourth-order valence-electron chi connectivity index (χ4n) is 0.246. The summed E-state index contributed by atoms with van der Waals surface area (Å²) in [6, 6.07) is 1.42. The normalized spacial score (nSPS) is 10.2. The molecular formula is C4H4O2. The third-order valence-electron chi connectivity index (χ3n) is 0.709. The van der Waals surface area contributed by atoms with Crippen molar-refractivity contribution in [2.45, 2.75) is 6.61 Å². The Morgan fingerprint density at radius 2 is 2.33 bits per heavy atom. The van der Waals surface area contributed by atoms with E-state index in [1.54, 1.807) is 0 Å². The number of rotatable bonds is 1. The maximum absolute atomic E-state index is 9.87. The van der Waals surface area contributed by atoms with E-state index in [2.05, 4.69) is 0 Å². The highest BCUT2D eigenvalue weighted by atomic mass is 16.3. The van der Waals surface area contributed by atoms with Gasteiger partial charge in [-0.2, -0.15) is 0 Å². The molecule has 2 nitrogen and oxygen atoms in total. The smallest absolute Gasteiger partial charge is 0.184 e. The standard InChI is InChI=1S/C4H4O2/c5-2-3-1-4(3)6/h1,5H,2H2. The Morgan fingerprint density at radius 1 is 1.83 bits per heavy atom. The Bertz CT molecular complexity index is 148. The quantitative estimate of drug-likeness (QED) is 0.494. The van der Waals surface area contributed by atoms with Gasteiger partial charge in [0.15, 0.2) is 5.43 Å². The van der Waals surface area contributed by atoms with Crippen LogP contribution in [0.2, 0.25) is 0 Å². The second kappa shape index (κ2) is 0.914. The Labute approximate surface area is 34.7 Å². The summed E-state index contributed by atoms with van der Waals surface area (Å²) in [7, 11) is 0. The van der Waals surface area contributed by atoms with E-state index in [9.17, 15) is 4.79 Å². The zero-order valence-corrected chi connectivity index (χ0v) is 3.14. The lowest BCUT2D eigenvalue weighted by Gasteiger charge is -1.64. The summed E-state index contributed by atoms with van der Waals surface area (Å²) in [5, 5.41) is 8.09. The minimum absolute atomic E-state index is 0.00231. The highest BCUT2D eigenvalue weighted by molar-refractivity contribution is 5.21. The molecule has 1 aromatic rings. The molecule has 0 heterocycles. The van der Waals surface area contributed by atoms with Gasteiger partial charge in [0.2, 0.25) is 0 Å². The van der Waals surface area contributed by atoms with E-state index >= 15 is 0 Å². The Morgan fingerprint density at radius 3 is 2.33 bits per heavy atom. The van der Waals surface area contributed by atoms with Gasteiger partial charge in [-0.3, -0.25) is 4.79 Å². The van der Waals surface area contributed by atoms with Crippen LogP contribution in [-0.2, 0) is 6.61 Å². The van der Waals surface area contributed by atoms with Crippen LogP contribution in [0.4, 0.5) is 0 Å². The molecule has 0 saturated carbocycles. The minimum Gasteiger partial charge on any atom is -0.392 e. The predicted octanol–water partition coefficient (Wildman–Crippen LogP) is -0.585. The Balaban J connectivity index is 2.68. The van der Waals surface area contributed by atoms with Crippen molar-refractivity contribution in [3.63, 3.8) is 0 Å². The van der Waals surface area contributed by atoms with E-state index in [-0.39, 0.29) is 12.0 Å². The van der Waals surface area contributed by atoms with Crippen LogP contribution >= 0.6 is 0 Å². The van der Waals surface area contributed by atoms with Gasteiger partial charge in [0.1, 0.15) is 0 Å². The summed E-state index contributed by atoms with van der Waals surface area (Å²) in [5.74, 6) is 0. The molecule has 0 amide bonds. The average Bonchev–Trinajstić information content (AvgIpc) is 2.19. The SMILES string of the molecule is O=c1cc1CO. The van der Waals surface area contributed by atoms with Crippen LogP contribution in [0.5, 0.6) is 0 Å². The van der Waals surface area contributed by atoms with Crippen molar-refractivity contribution in [2.75, 3.05) is 0 Å². The monoisotopic (exact) mass is 84.0 g/mol. The van der Waals surface area contributed by atoms with Gasteiger partial charge in [-0.1, -0.05) is 0 Å². The lowest BCUT2D eigenvalue weighted by atomic mass is 10.6. The van der Waals surface area contributed by atoms with Gasteiger partial charge in [-0.15, -0.1) is 0 Å². The van der Waals surface area contributed by atoms with Gasteiger partial charge in [0.25, 0.3) is 0 Å². The molecule has 2 heteroatoms. The second-order valence-electron chi connectivity index (χ2n) is 1.19. The van der Waals surface area contributed by atoms with E-state index in [1.807, 2.05) is 0 Å². The van der Waals surface area contributed by atoms with Crippen LogP contribution in [0, 0.1) is 0 Å². The summed E-state index contributed by atoms with van der Waals surface area (Å²) in [5.41, 5.74) is 0.549. The lowest BCUT2D eigenvalue weighted by molar-refractivity contribution is 0.285. The number of aliphatic hydroxyl groups is 1. The molecule has 0 aliphatic rings. The molecule has 0 radical (unpaired) electrons. The zero-order valence-electron chi connectivity index (χ0n) is 3.14. The molecule has 0 aromatic heterocycles. The van der Waals surface area contributed by atoms with E-state index in [0.29, 0.717) is 5.56 Å². The summed E-state index contributed by atoms with van der Waals surface area (Å²) < 4.78 is 0. The molecule has 0 unspecified atom stereocenters. The predicted molar refractivity (Wildman–Crippen MR) is 21.0 cm³/mol. The van der Waals surface area contributed by atoms with Crippen LogP contribution in [0.25, 0.3) is 0 Å². The third kappa shape index (κ3) is 0.348. The highest BCUT2D eigenvalue weighted by Crippen LogP contribution is 1.90. The van der Waals surface area contributed by atoms with Crippen molar-refractivity contribution >= 4 is 0 Å². The molecule has 1 N–H and O–H groups in total. The largest absolute Gasteiger partial charge is 0.392 e. The summed E-state index contributed by atoms with van der Waals surface area (Å²) in [4.78, 5) is 9.87. The number of aliphatic hydroxyl groups excluding tert-OH is 1. The Kier molecular flexibility index (Phi) is 0.542. The van der Waals surface area contributed by atoms with Crippen molar-refractivity contribution in [2.24, 2.45) is 0 Å². The van der Waals surface area contributed by atoms with Crippen molar-refractivity contribution < 1.29 is 5.11 Å². The van der Waals surface area contributed by atoms with Gasteiger partial charge < -0.3 is 5.11 Å². The first-order valence-corrected chi connectivity index (χ1v) is 1.70. The van der Waals surface area contributed by atoms with E-state index in [0.717, 1.165) is 0 Å². The third-order valence-corrected chi connectivity index (χ3v) is 0.709. The van der Waals surface area contributed by atoms with Crippen LogP contribution < -0.4 is 5.43 Å². The Hall–Kier alpha value is -0.630. The van der Waals surface area contributed by atoms with E-state index in [4.69, 9.17) is 5.11 Å². The first-order chi connectivity index (χ1) is 2.84. The van der Waals surface area contributed by atoms with Crippen LogP contribution in [0.3, 0.4) is 0 Å². The van der Waals surface area contributed by atoms with E-state index in [1.165, 1.54) is 6.07 Å². The molecule has 1 aromatic carbocycles. The molecule has 32 valence electrons. The maximum Gasteiger partial charge on any atom is 0.184 e. The molecule has 1 rings (SSSR count). The first-order valence-electron chi connectivity index (χ1n) is 1.70. The van der Waals surface area contributed by atoms with Gasteiger partial charge in [0.05, 0.1) is 6.61 Å². The molecule has 0 bridgehead atoms. The molecule has 0 spiro atoms. The lowest BCUT2D eigenvalue weighted by Crippen LogP contribution is -1.78. The molecule has 0 fully saturated rings. The van der Waals surface area contributed by atoms with Crippen molar-refractivity contribution in [1.82, 2.24) is 0 Å². The van der Waals surface area contributed by atoms with Crippen LogP contribution in [0.1, 0.15) is 5.56 Å². The van der Waals surface area contributed by atoms with Gasteiger partial charge >= 0.3 is 0 Å². The van der Waals surface area contributed by atoms with Crippen molar-refractivity contribution in [1.29, 1.82) is 0 Å². The summed E-state index contributed by atoms with van der Waals surface area (Å²) in [6.07, 6.45) is 0. The topological polar surface area (TPSA) is 37.3 Å².